The lowest BCUT2D eigenvalue weighted by atomic mass is 9.81. The minimum absolute atomic E-state index is 0.0786. The molecule has 2 N–H and O–H groups in total. The maximum atomic E-state index is 11.2. The van der Waals surface area contributed by atoms with Crippen molar-refractivity contribution in [2.24, 2.45) is 11.7 Å². The highest BCUT2D eigenvalue weighted by Crippen LogP contribution is 2.32. The smallest absolute Gasteiger partial charge is 0.217 e. The first-order valence-electron chi connectivity index (χ1n) is 6.26. The molecule has 2 aromatic heterocycles. The van der Waals surface area contributed by atoms with Crippen LogP contribution >= 0.6 is 0 Å². The van der Waals surface area contributed by atoms with Gasteiger partial charge in [0.05, 0.1) is 0 Å². The van der Waals surface area contributed by atoms with Gasteiger partial charge in [-0.15, -0.1) is 0 Å². The van der Waals surface area contributed by atoms with E-state index < -0.39 is 0 Å². The molecule has 4 heteroatoms. The van der Waals surface area contributed by atoms with E-state index >= 15 is 0 Å². The molecule has 0 aromatic carbocycles. The molecule has 4 nitrogen and oxygen atoms in total. The number of hydrogen-bond acceptors (Lipinski definition) is 3. The normalized spacial score (nSPS) is 12.3. The van der Waals surface area contributed by atoms with Crippen LogP contribution in [0.25, 0.3) is 0 Å². The molecule has 0 aliphatic rings. The topological polar surface area (TPSA) is 68.9 Å². The molecular weight excluding hydrogens is 238 g/mol. The average molecular weight is 255 g/mol. The first-order valence-corrected chi connectivity index (χ1v) is 6.26. The van der Waals surface area contributed by atoms with Gasteiger partial charge < -0.3 is 5.73 Å². The van der Waals surface area contributed by atoms with Gasteiger partial charge in [0, 0.05) is 37.1 Å². The van der Waals surface area contributed by atoms with Crippen molar-refractivity contribution in [3.05, 3.63) is 60.2 Å². The molecule has 1 amide bonds. The van der Waals surface area contributed by atoms with Crippen LogP contribution in [0.3, 0.4) is 0 Å². The van der Waals surface area contributed by atoms with E-state index in [4.69, 9.17) is 5.73 Å². The molecule has 2 aromatic rings. The Bertz CT molecular complexity index is 488. The highest BCUT2D eigenvalue weighted by atomic mass is 16.1. The number of pyridine rings is 2. The largest absolute Gasteiger partial charge is 0.370 e. The summed E-state index contributed by atoms with van der Waals surface area (Å²) in [5.41, 5.74) is 7.46. The predicted molar refractivity (Wildman–Crippen MR) is 73.3 cm³/mol. The van der Waals surface area contributed by atoms with Crippen molar-refractivity contribution in [3.63, 3.8) is 0 Å². The molecule has 1 atom stereocenters. The molecule has 1 unspecified atom stereocenters. The van der Waals surface area contributed by atoms with E-state index in [0.717, 1.165) is 11.1 Å². The molecule has 19 heavy (non-hydrogen) atoms. The molecule has 0 bridgehead atoms. The van der Waals surface area contributed by atoms with Crippen molar-refractivity contribution in [1.82, 2.24) is 9.97 Å². The fourth-order valence-electron chi connectivity index (χ4n) is 2.40. The number of amides is 1. The van der Waals surface area contributed by atoms with E-state index in [1.54, 1.807) is 12.4 Å². The van der Waals surface area contributed by atoms with Gasteiger partial charge in [-0.05, 0) is 29.2 Å². The van der Waals surface area contributed by atoms with Crippen molar-refractivity contribution >= 4 is 5.91 Å². The minimum Gasteiger partial charge on any atom is -0.370 e. The van der Waals surface area contributed by atoms with E-state index in [9.17, 15) is 4.79 Å². The highest BCUT2D eigenvalue weighted by Gasteiger charge is 2.23. The van der Waals surface area contributed by atoms with Gasteiger partial charge in [0.2, 0.25) is 5.91 Å². The van der Waals surface area contributed by atoms with Crippen LogP contribution < -0.4 is 5.73 Å². The van der Waals surface area contributed by atoms with Gasteiger partial charge in [-0.3, -0.25) is 14.8 Å². The van der Waals surface area contributed by atoms with E-state index in [0.29, 0.717) is 6.42 Å². The Morgan fingerprint density at radius 3 is 2.05 bits per heavy atom. The Kier molecular flexibility index (Phi) is 4.23. The molecule has 0 aliphatic heterocycles. The SMILES string of the molecule is CC(CC(N)=O)C(c1cccnc1)c1cccnc1. The van der Waals surface area contributed by atoms with Crippen LogP contribution in [0.1, 0.15) is 30.4 Å². The first kappa shape index (κ1) is 13.2. The van der Waals surface area contributed by atoms with Crippen LogP contribution in [0.5, 0.6) is 0 Å². The fraction of sp³-hybridized carbons (Fsp3) is 0.267. The Hall–Kier alpha value is -2.23. The van der Waals surface area contributed by atoms with Crippen LogP contribution in [0.15, 0.2) is 49.1 Å². The molecular formula is C15H17N3O. The highest BCUT2D eigenvalue weighted by molar-refractivity contribution is 5.74. The Morgan fingerprint density at radius 1 is 1.16 bits per heavy atom. The van der Waals surface area contributed by atoms with Crippen LogP contribution in [-0.2, 0) is 4.79 Å². The Morgan fingerprint density at radius 2 is 1.68 bits per heavy atom. The number of carbonyl (C=O) groups excluding carboxylic acids is 1. The lowest BCUT2D eigenvalue weighted by molar-refractivity contribution is -0.118. The molecule has 0 saturated carbocycles. The molecule has 0 spiro atoms. The Labute approximate surface area is 112 Å². The van der Waals surface area contributed by atoms with Crippen molar-refractivity contribution in [2.75, 3.05) is 0 Å². The van der Waals surface area contributed by atoms with E-state index in [2.05, 4.69) is 9.97 Å². The molecule has 0 fully saturated rings. The second-order valence-electron chi connectivity index (χ2n) is 4.70. The van der Waals surface area contributed by atoms with Gasteiger partial charge in [-0.2, -0.15) is 0 Å². The summed E-state index contributed by atoms with van der Waals surface area (Å²) in [5.74, 6) is -0.105. The molecule has 0 aliphatic carbocycles. The van der Waals surface area contributed by atoms with E-state index in [-0.39, 0.29) is 17.7 Å². The predicted octanol–water partition coefficient (Wildman–Crippen LogP) is 2.12. The molecule has 0 saturated heterocycles. The summed E-state index contributed by atoms with van der Waals surface area (Å²) >= 11 is 0. The standard InChI is InChI=1S/C15H17N3O/c1-11(8-14(16)19)15(12-4-2-6-17-9-12)13-5-3-7-18-10-13/h2-7,9-11,15H,8H2,1H3,(H2,16,19). The number of nitrogens with zero attached hydrogens (tertiary/aromatic N) is 2. The zero-order valence-corrected chi connectivity index (χ0v) is 10.9. The van der Waals surface area contributed by atoms with Crippen molar-refractivity contribution in [3.8, 4) is 0 Å². The van der Waals surface area contributed by atoms with Crippen molar-refractivity contribution in [2.45, 2.75) is 19.3 Å². The lowest BCUT2D eigenvalue weighted by Crippen LogP contribution is -2.20. The van der Waals surface area contributed by atoms with Crippen molar-refractivity contribution < 1.29 is 4.79 Å². The third-order valence-corrected chi connectivity index (χ3v) is 3.18. The molecule has 98 valence electrons. The summed E-state index contributed by atoms with van der Waals surface area (Å²) in [7, 11) is 0. The van der Waals surface area contributed by atoms with Gasteiger partial charge in [0.1, 0.15) is 0 Å². The Balaban J connectivity index is 2.37. The lowest BCUT2D eigenvalue weighted by Gasteiger charge is -2.23. The zero-order chi connectivity index (χ0) is 13.7. The quantitative estimate of drug-likeness (QED) is 0.889. The molecule has 2 rings (SSSR count). The fourth-order valence-corrected chi connectivity index (χ4v) is 2.40. The van der Waals surface area contributed by atoms with Gasteiger partial charge >= 0.3 is 0 Å². The molecule has 2 heterocycles. The minimum atomic E-state index is -0.287. The number of aromatic nitrogens is 2. The third kappa shape index (κ3) is 3.37. The monoisotopic (exact) mass is 255 g/mol. The number of carbonyl (C=O) groups is 1. The van der Waals surface area contributed by atoms with Crippen LogP contribution in [0.4, 0.5) is 0 Å². The van der Waals surface area contributed by atoms with Gasteiger partial charge in [-0.1, -0.05) is 19.1 Å². The summed E-state index contributed by atoms with van der Waals surface area (Å²) in [6, 6.07) is 7.83. The van der Waals surface area contributed by atoms with Crippen LogP contribution in [0.2, 0.25) is 0 Å². The number of hydrogen-bond donors (Lipinski definition) is 1. The van der Waals surface area contributed by atoms with Crippen LogP contribution in [0, 0.1) is 5.92 Å². The number of rotatable bonds is 5. The third-order valence-electron chi connectivity index (χ3n) is 3.18. The maximum Gasteiger partial charge on any atom is 0.217 e. The second-order valence-corrected chi connectivity index (χ2v) is 4.70. The summed E-state index contributed by atoms with van der Waals surface area (Å²) in [6.07, 6.45) is 7.48. The van der Waals surface area contributed by atoms with Gasteiger partial charge in [0.15, 0.2) is 0 Å². The van der Waals surface area contributed by atoms with Gasteiger partial charge in [0.25, 0.3) is 0 Å². The van der Waals surface area contributed by atoms with E-state index in [1.165, 1.54) is 0 Å². The summed E-state index contributed by atoms with van der Waals surface area (Å²) < 4.78 is 0. The van der Waals surface area contributed by atoms with Crippen molar-refractivity contribution in [1.29, 1.82) is 0 Å². The van der Waals surface area contributed by atoms with Crippen LogP contribution in [-0.4, -0.2) is 15.9 Å². The summed E-state index contributed by atoms with van der Waals surface area (Å²) in [6.45, 7) is 2.02. The first-order chi connectivity index (χ1) is 9.18. The molecule has 0 radical (unpaired) electrons. The number of primary amides is 1. The summed E-state index contributed by atoms with van der Waals surface area (Å²) in [5, 5.41) is 0. The maximum absolute atomic E-state index is 11.2. The number of nitrogens with two attached hydrogens (primary N) is 1. The van der Waals surface area contributed by atoms with Gasteiger partial charge in [-0.25, -0.2) is 0 Å². The zero-order valence-electron chi connectivity index (χ0n) is 10.9. The average Bonchev–Trinajstić information content (AvgIpc) is 2.40. The summed E-state index contributed by atoms with van der Waals surface area (Å²) in [4.78, 5) is 19.5. The second kappa shape index (κ2) is 6.09. The van der Waals surface area contributed by atoms with E-state index in [1.807, 2.05) is 43.6 Å².